The highest BCUT2D eigenvalue weighted by Gasteiger charge is 2.30. The van der Waals surface area contributed by atoms with E-state index in [1.165, 1.54) is 6.07 Å². The Kier molecular flexibility index (Phi) is 4.70. The van der Waals surface area contributed by atoms with Crippen molar-refractivity contribution < 1.29 is 13.2 Å². The molecule has 0 aromatic heterocycles. The molecule has 0 amide bonds. The van der Waals surface area contributed by atoms with E-state index in [1.807, 2.05) is 0 Å². The van der Waals surface area contributed by atoms with Crippen LogP contribution < -0.4 is 11.3 Å². The van der Waals surface area contributed by atoms with Gasteiger partial charge in [-0.05, 0) is 18.2 Å². The van der Waals surface area contributed by atoms with Crippen LogP contribution in [0.2, 0.25) is 0 Å². The number of halogens is 5. The van der Waals surface area contributed by atoms with E-state index in [2.05, 4.69) is 21.4 Å². The SMILES string of the molecule is Cl.NNc1cc(Br)cc(C(F)(F)F)c1. The van der Waals surface area contributed by atoms with Gasteiger partial charge in [-0.1, -0.05) is 15.9 Å². The van der Waals surface area contributed by atoms with Gasteiger partial charge in [0.2, 0.25) is 0 Å². The molecule has 0 atom stereocenters. The fourth-order valence-corrected chi connectivity index (χ4v) is 1.33. The number of rotatable bonds is 1. The summed E-state index contributed by atoms with van der Waals surface area (Å²) in [6.07, 6.45) is -4.35. The summed E-state index contributed by atoms with van der Waals surface area (Å²) in [7, 11) is 0. The van der Waals surface area contributed by atoms with Gasteiger partial charge in [0, 0.05) is 4.47 Å². The molecule has 1 aromatic carbocycles. The minimum Gasteiger partial charge on any atom is -0.324 e. The first kappa shape index (κ1) is 13.5. The Bertz CT molecular complexity index is 316. The van der Waals surface area contributed by atoms with Crippen molar-refractivity contribution in [3.63, 3.8) is 0 Å². The van der Waals surface area contributed by atoms with E-state index in [0.29, 0.717) is 4.47 Å². The molecule has 0 heterocycles. The van der Waals surface area contributed by atoms with Crippen LogP contribution in [0.1, 0.15) is 5.56 Å². The van der Waals surface area contributed by atoms with Gasteiger partial charge in [-0.2, -0.15) is 13.2 Å². The van der Waals surface area contributed by atoms with Crippen LogP contribution >= 0.6 is 28.3 Å². The highest BCUT2D eigenvalue weighted by molar-refractivity contribution is 9.10. The summed E-state index contributed by atoms with van der Waals surface area (Å²) < 4.78 is 36.9. The number of hydrogen-bond acceptors (Lipinski definition) is 2. The van der Waals surface area contributed by atoms with E-state index in [4.69, 9.17) is 5.84 Å². The van der Waals surface area contributed by atoms with Crippen molar-refractivity contribution in [2.75, 3.05) is 5.43 Å². The number of nitrogens with one attached hydrogen (secondary N) is 1. The van der Waals surface area contributed by atoms with E-state index < -0.39 is 11.7 Å². The van der Waals surface area contributed by atoms with Crippen molar-refractivity contribution in [2.45, 2.75) is 6.18 Å². The lowest BCUT2D eigenvalue weighted by Crippen LogP contribution is -2.10. The van der Waals surface area contributed by atoms with Crippen LogP contribution in [0.4, 0.5) is 18.9 Å². The molecule has 0 aliphatic carbocycles. The average Bonchev–Trinajstić information content (AvgIpc) is 2.01. The van der Waals surface area contributed by atoms with Gasteiger partial charge in [0.1, 0.15) is 0 Å². The predicted octanol–water partition coefficient (Wildman–Crippen LogP) is 3.18. The highest BCUT2D eigenvalue weighted by Crippen LogP contribution is 2.32. The standard InChI is InChI=1S/C7H6BrF3N2.ClH/c8-5-1-4(7(9,10)11)2-6(3-5)13-12;/h1-3,13H,12H2;1H. The quantitative estimate of drug-likeness (QED) is 0.616. The van der Waals surface area contributed by atoms with Gasteiger partial charge in [0.25, 0.3) is 0 Å². The molecule has 0 bridgehead atoms. The van der Waals surface area contributed by atoms with E-state index in [-0.39, 0.29) is 18.1 Å². The number of alkyl halides is 3. The lowest BCUT2D eigenvalue weighted by molar-refractivity contribution is -0.137. The zero-order chi connectivity index (χ0) is 10.1. The van der Waals surface area contributed by atoms with Gasteiger partial charge in [0.15, 0.2) is 0 Å². The summed E-state index contributed by atoms with van der Waals surface area (Å²) in [6.45, 7) is 0. The summed E-state index contributed by atoms with van der Waals surface area (Å²) in [4.78, 5) is 0. The Balaban J connectivity index is 0.00000169. The second-order valence-corrected chi connectivity index (χ2v) is 3.29. The molecule has 14 heavy (non-hydrogen) atoms. The third kappa shape index (κ3) is 3.36. The van der Waals surface area contributed by atoms with E-state index >= 15 is 0 Å². The Hall–Kier alpha value is -0.460. The van der Waals surface area contributed by atoms with Crippen LogP contribution in [0.5, 0.6) is 0 Å². The minimum absolute atomic E-state index is 0. The molecule has 0 aliphatic rings. The molecule has 1 rings (SSSR count). The van der Waals surface area contributed by atoms with E-state index in [0.717, 1.165) is 12.1 Å². The molecule has 3 N–H and O–H groups in total. The second-order valence-electron chi connectivity index (χ2n) is 2.37. The van der Waals surface area contributed by atoms with Gasteiger partial charge in [-0.3, -0.25) is 5.84 Å². The van der Waals surface area contributed by atoms with Gasteiger partial charge in [0.05, 0.1) is 11.3 Å². The molecule has 0 radical (unpaired) electrons. The summed E-state index contributed by atoms with van der Waals surface area (Å²) in [5.74, 6) is 4.99. The zero-order valence-electron chi connectivity index (χ0n) is 6.73. The Morgan fingerprint density at radius 1 is 1.21 bits per heavy atom. The lowest BCUT2D eigenvalue weighted by Gasteiger charge is -2.09. The topological polar surface area (TPSA) is 38.0 Å². The number of benzene rings is 1. The number of nitrogens with two attached hydrogens (primary N) is 1. The highest BCUT2D eigenvalue weighted by atomic mass is 79.9. The van der Waals surface area contributed by atoms with Crippen LogP contribution in [0, 0.1) is 0 Å². The maximum absolute atomic E-state index is 12.2. The molecule has 0 saturated carbocycles. The van der Waals surface area contributed by atoms with Crippen LogP contribution in [0.15, 0.2) is 22.7 Å². The largest absolute Gasteiger partial charge is 0.416 e. The molecular formula is C7H7BrClF3N2. The van der Waals surface area contributed by atoms with Crippen molar-refractivity contribution in [1.82, 2.24) is 0 Å². The third-order valence-corrected chi connectivity index (χ3v) is 1.85. The monoisotopic (exact) mass is 290 g/mol. The first-order valence-corrected chi connectivity index (χ1v) is 4.07. The smallest absolute Gasteiger partial charge is 0.324 e. The van der Waals surface area contributed by atoms with Crippen LogP contribution in [0.3, 0.4) is 0 Å². The van der Waals surface area contributed by atoms with E-state index in [9.17, 15) is 13.2 Å². The second kappa shape index (κ2) is 4.86. The molecular weight excluding hydrogens is 284 g/mol. The minimum atomic E-state index is -4.35. The zero-order valence-corrected chi connectivity index (χ0v) is 9.13. The first-order valence-electron chi connectivity index (χ1n) is 3.28. The summed E-state index contributed by atoms with van der Waals surface area (Å²) in [5.41, 5.74) is 1.62. The number of hydrogen-bond donors (Lipinski definition) is 2. The molecule has 0 spiro atoms. The summed E-state index contributed by atoms with van der Waals surface area (Å²) in [6, 6.07) is 3.38. The molecule has 0 fully saturated rings. The molecule has 7 heteroatoms. The van der Waals surface area contributed by atoms with Crippen LogP contribution in [-0.4, -0.2) is 0 Å². The molecule has 0 saturated heterocycles. The molecule has 0 unspecified atom stereocenters. The molecule has 2 nitrogen and oxygen atoms in total. The van der Waals surface area contributed by atoms with Crippen molar-refractivity contribution in [3.8, 4) is 0 Å². The summed E-state index contributed by atoms with van der Waals surface area (Å²) >= 11 is 2.95. The Morgan fingerprint density at radius 3 is 2.21 bits per heavy atom. The normalized spacial score (nSPS) is 10.6. The van der Waals surface area contributed by atoms with Gasteiger partial charge >= 0.3 is 6.18 Å². The first-order chi connectivity index (χ1) is 5.93. The van der Waals surface area contributed by atoms with Gasteiger partial charge in [-0.25, -0.2) is 0 Å². The van der Waals surface area contributed by atoms with Crippen molar-refractivity contribution in [1.29, 1.82) is 0 Å². The number of hydrazine groups is 1. The fraction of sp³-hybridized carbons (Fsp3) is 0.143. The van der Waals surface area contributed by atoms with Crippen molar-refractivity contribution in [3.05, 3.63) is 28.2 Å². The average molecular weight is 291 g/mol. The maximum Gasteiger partial charge on any atom is 0.416 e. The van der Waals surface area contributed by atoms with Gasteiger partial charge in [-0.15, -0.1) is 12.4 Å². The van der Waals surface area contributed by atoms with Crippen molar-refractivity contribution >= 4 is 34.0 Å². The van der Waals surface area contributed by atoms with Gasteiger partial charge < -0.3 is 5.43 Å². The number of nitrogen functional groups attached to an aromatic ring is 1. The third-order valence-electron chi connectivity index (χ3n) is 1.39. The van der Waals surface area contributed by atoms with Crippen LogP contribution in [0.25, 0.3) is 0 Å². The molecule has 0 aliphatic heterocycles. The maximum atomic E-state index is 12.2. The lowest BCUT2D eigenvalue weighted by atomic mass is 10.2. The van der Waals surface area contributed by atoms with Crippen molar-refractivity contribution in [2.24, 2.45) is 5.84 Å². The van der Waals surface area contributed by atoms with E-state index in [1.54, 1.807) is 0 Å². The van der Waals surface area contributed by atoms with Crippen LogP contribution in [-0.2, 0) is 6.18 Å². The molecule has 1 aromatic rings. The summed E-state index contributed by atoms with van der Waals surface area (Å²) in [5, 5.41) is 0. The fourth-order valence-electron chi connectivity index (χ4n) is 0.837. The number of anilines is 1. The Labute approximate surface area is 93.2 Å². The molecule has 80 valence electrons. The Morgan fingerprint density at radius 2 is 1.79 bits per heavy atom. The predicted molar refractivity (Wildman–Crippen MR) is 54.2 cm³/mol.